The summed E-state index contributed by atoms with van der Waals surface area (Å²) in [7, 11) is 0. The van der Waals surface area contributed by atoms with Crippen molar-refractivity contribution in [3.8, 4) is 0 Å². The van der Waals surface area contributed by atoms with E-state index < -0.39 is 6.10 Å². The second-order valence-electron chi connectivity index (χ2n) is 15.0. The van der Waals surface area contributed by atoms with E-state index in [-0.39, 0.29) is 31.1 Å². The molecule has 0 aromatic carbocycles. The van der Waals surface area contributed by atoms with Crippen molar-refractivity contribution in [3.05, 3.63) is 36.5 Å². The summed E-state index contributed by atoms with van der Waals surface area (Å²) in [4.78, 5) is 37.4. The highest BCUT2D eigenvalue weighted by atomic mass is 16.6. The molecule has 0 aliphatic heterocycles. The Bertz CT molecular complexity index is 907. The summed E-state index contributed by atoms with van der Waals surface area (Å²) in [5, 5.41) is 0. The van der Waals surface area contributed by atoms with E-state index in [1.54, 1.807) is 0 Å². The first-order valence-electron chi connectivity index (χ1n) is 22.5. The third-order valence-corrected chi connectivity index (χ3v) is 9.65. The van der Waals surface area contributed by atoms with E-state index in [2.05, 4.69) is 57.2 Å². The van der Waals surface area contributed by atoms with E-state index >= 15 is 0 Å². The quantitative estimate of drug-likeness (QED) is 0.0269. The first-order chi connectivity index (χ1) is 26.0. The summed E-state index contributed by atoms with van der Waals surface area (Å²) < 4.78 is 16.6. The van der Waals surface area contributed by atoms with E-state index in [0.29, 0.717) is 19.3 Å². The highest BCUT2D eigenvalue weighted by molar-refractivity contribution is 5.71. The Morgan fingerprint density at radius 3 is 1.09 bits per heavy atom. The molecule has 0 amide bonds. The monoisotopic (exact) mass is 745 g/mol. The van der Waals surface area contributed by atoms with Crippen LogP contribution in [0.3, 0.4) is 0 Å². The minimum absolute atomic E-state index is 0.0756. The van der Waals surface area contributed by atoms with Crippen LogP contribution in [0.15, 0.2) is 36.5 Å². The van der Waals surface area contributed by atoms with Crippen LogP contribution in [-0.4, -0.2) is 37.2 Å². The summed E-state index contributed by atoms with van der Waals surface area (Å²) in [5.74, 6) is -0.901. The Hall–Kier alpha value is -2.37. The molecule has 0 spiro atoms. The van der Waals surface area contributed by atoms with Crippen molar-refractivity contribution < 1.29 is 28.6 Å². The van der Waals surface area contributed by atoms with Crippen molar-refractivity contribution in [2.75, 3.05) is 13.2 Å². The fraction of sp³-hybridized carbons (Fsp3) is 0.809. The van der Waals surface area contributed by atoms with Crippen LogP contribution in [0.25, 0.3) is 0 Å². The zero-order chi connectivity index (χ0) is 38.7. The Labute approximate surface area is 327 Å². The van der Waals surface area contributed by atoms with Crippen LogP contribution in [0.4, 0.5) is 0 Å². The first kappa shape index (κ1) is 50.6. The van der Waals surface area contributed by atoms with Crippen molar-refractivity contribution in [3.63, 3.8) is 0 Å². The molecule has 0 N–H and O–H groups in total. The fourth-order valence-corrected chi connectivity index (χ4v) is 6.21. The maximum Gasteiger partial charge on any atom is 0.306 e. The summed E-state index contributed by atoms with van der Waals surface area (Å²) >= 11 is 0. The van der Waals surface area contributed by atoms with E-state index in [1.807, 2.05) is 0 Å². The van der Waals surface area contributed by atoms with Crippen LogP contribution in [0, 0.1) is 0 Å². The molecular weight excluding hydrogens is 661 g/mol. The molecule has 53 heavy (non-hydrogen) atoms. The van der Waals surface area contributed by atoms with Crippen molar-refractivity contribution in [2.45, 2.75) is 232 Å². The van der Waals surface area contributed by atoms with Gasteiger partial charge >= 0.3 is 17.9 Å². The predicted octanol–water partition coefficient (Wildman–Crippen LogP) is 14.2. The van der Waals surface area contributed by atoms with Crippen molar-refractivity contribution in [1.29, 1.82) is 0 Å². The van der Waals surface area contributed by atoms with Gasteiger partial charge in [-0.1, -0.05) is 186 Å². The first-order valence-corrected chi connectivity index (χ1v) is 22.5. The fourth-order valence-electron chi connectivity index (χ4n) is 6.21. The minimum atomic E-state index is -0.768. The molecule has 0 rings (SSSR count). The topological polar surface area (TPSA) is 78.9 Å². The number of hydrogen-bond donors (Lipinski definition) is 0. The average Bonchev–Trinajstić information content (AvgIpc) is 3.15. The largest absolute Gasteiger partial charge is 0.462 e. The van der Waals surface area contributed by atoms with Gasteiger partial charge in [-0.15, -0.1) is 0 Å². The van der Waals surface area contributed by atoms with Gasteiger partial charge < -0.3 is 14.2 Å². The Kier molecular flexibility index (Phi) is 40.5. The molecule has 0 aliphatic carbocycles. The maximum atomic E-state index is 12.6. The van der Waals surface area contributed by atoms with E-state index in [4.69, 9.17) is 14.2 Å². The SMILES string of the molecule is CCCCC/C=C\C/C=C\C/C=C\CCCCCCCCC(=O)OCC(COC(=O)CCCCCCC)OC(=O)CCCCCCCCCCCCC. The van der Waals surface area contributed by atoms with Crippen LogP contribution in [-0.2, 0) is 28.6 Å². The molecule has 6 heteroatoms. The van der Waals surface area contributed by atoms with Gasteiger partial charge in [0.15, 0.2) is 6.10 Å². The summed E-state index contributed by atoms with van der Waals surface area (Å²) in [5.41, 5.74) is 0. The number of hydrogen-bond acceptors (Lipinski definition) is 6. The summed E-state index contributed by atoms with van der Waals surface area (Å²) in [6.45, 7) is 6.50. The lowest BCUT2D eigenvalue weighted by Gasteiger charge is -2.18. The lowest BCUT2D eigenvalue weighted by atomic mass is 10.1. The van der Waals surface area contributed by atoms with E-state index in [0.717, 1.165) is 83.5 Å². The smallest absolute Gasteiger partial charge is 0.306 e. The number of carbonyl (C=O) groups is 3. The van der Waals surface area contributed by atoms with Gasteiger partial charge in [-0.05, 0) is 57.8 Å². The molecule has 1 unspecified atom stereocenters. The zero-order valence-corrected chi connectivity index (χ0v) is 35.0. The van der Waals surface area contributed by atoms with Gasteiger partial charge in [0.25, 0.3) is 0 Å². The molecular formula is C47H84O6. The third-order valence-electron chi connectivity index (χ3n) is 9.65. The number of esters is 3. The summed E-state index contributed by atoms with van der Waals surface area (Å²) in [6, 6.07) is 0. The molecule has 0 bridgehead atoms. The standard InChI is InChI=1S/C47H84O6/c1-4-7-10-13-15-17-19-20-21-22-23-24-25-26-28-29-31-34-37-40-46(49)52-43-44(42-51-45(48)39-36-33-12-9-6-3)53-47(50)41-38-35-32-30-27-18-16-14-11-8-5-2/h15,17,20-21,23-24,44H,4-14,16,18-19,22,25-43H2,1-3H3/b17-15-,21-20-,24-23-. The second kappa shape index (κ2) is 42.4. The molecule has 0 aromatic rings. The molecule has 0 heterocycles. The normalized spacial score (nSPS) is 12.3. The maximum absolute atomic E-state index is 12.6. The van der Waals surface area contributed by atoms with Crippen LogP contribution in [0.1, 0.15) is 226 Å². The lowest BCUT2D eigenvalue weighted by Crippen LogP contribution is -2.30. The molecule has 0 radical (unpaired) electrons. The molecule has 1 atom stereocenters. The van der Waals surface area contributed by atoms with Gasteiger partial charge in [-0.25, -0.2) is 0 Å². The molecule has 0 aromatic heterocycles. The molecule has 0 saturated carbocycles. The van der Waals surface area contributed by atoms with Crippen LogP contribution >= 0.6 is 0 Å². The Balaban J connectivity index is 4.20. The van der Waals surface area contributed by atoms with Gasteiger partial charge in [0.2, 0.25) is 0 Å². The van der Waals surface area contributed by atoms with Gasteiger partial charge in [0.05, 0.1) is 0 Å². The molecule has 0 fully saturated rings. The van der Waals surface area contributed by atoms with Crippen molar-refractivity contribution in [2.24, 2.45) is 0 Å². The van der Waals surface area contributed by atoms with Gasteiger partial charge in [-0.3, -0.25) is 14.4 Å². The highest BCUT2D eigenvalue weighted by Gasteiger charge is 2.19. The third kappa shape index (κ3) is 40.6. The van der Waals surface area contributed by atoms with Gasteiger partial charge in [0.1, 0.15) is 13.2 Å². The highest BCUT2D eigenvalue weighted by Crippen LogP contribution is 2.14. The number of unbranched alkanes of at least 4 members (excludes halogenated alkanes) is 23. The number of rotatable bonds is 40. The molecule has 0 saturated heterocycles. The zero-order valence-electron chi connectivity index (χ0n) is 35.0. The average molecular weight is 745 g/mol. The van der Waals surface area contributed by atoms with E-state index in [9.17, 15) is 14.4 Å². The Morgan fingerprint density at radius 2 is 0.679 bits per heavy atom. The summed E-state index contributed by atoms with van der Waals surface area (Å²) in [6.07, 6.45) is 47.2. The second-order valence-corrected chi connectivity index (χ2v) is 15.0. The minimum Gasteiger partial charge on any atom is -0.462 e. The number of carbonyl (C=O) groups excluding carboxylic acids is 3. The van der Waals surface area contributed by atoms with Crippen molar-refractivity contribution >= 4 is 17.9 Å². The predicted molar refractivity (Wildman–Crippen MR) is 224 cm³/mol. The molecule has 308 valence electrons. The Morgan fingerprint density at radius 1 is 0.377 bits per heavy atom. The van der Waals surface area contributed by atoms with Crippen LogP contribution in [0.2, 0.25) is 0 Å². The van der Waals surface area contributed by atoms with Gasteiger partial charge in [-0.2, -0.15) is 0 Å². The number of allylic oxidation sites excluding steroid dienone is 6. The van der Waals surface area contributed by atoms with Crippen LogP contribution < -0.4 is 0 Å². The lowest BCUT2D eigenvalue weighted by molar-refractivity contribution is -0.167. The molecule has 0 aliphatic rings. The van der Waals surface area contributed by atoms with Crippen LogP contribution in [0.5, 0.6) is 0 Å². The van der Waals surface area contributed by atoms with Gasteiger partial charge in [0, 0.05) is 19.3 Å². The number of ether oxygens (including phenoxy) is 3. The molecule has 6 nitrogen and oxygen atoms in total. The van der Waals surface area contributed by atoms with E-state index in [1.165, 1.54) is 103 Å². The van der Waals surface area contributed by atoms with Crippen molar-refractivity contribution in [1.82, 2.24) is 0 Å².